The Morgan fingerprint density at radius 3 is 2.87 bits per heavy atom. The molecule has 8 heteroatoms. The zero-order chi connectivity index (χ0) is 20.8. The topological polar surface area (TPSA) is 95.1 Å². The van der Waals surface area contributed by atoms with Crippen molar-refractivity contribution in [2.75, 3.05) is 6.54 Å². The van der Waals surface area contributed by atoms with Crippen molar-refractivity contribution >= 4 is 5.91 Å². The summed E-state index contributed by atoms with van der Waals surface area (Å²) < 4.78 is 12.7. The van der Waals surface area contributed by atoms with Gasteiger partial charge in [0, 0.05) is 12.6 Å². The highest BCUT2D eigenvalue weighted by molar-refractivity contribution is 5.92. The van der Waals surface area contributed by atoms with Crippen LogP contribution in [-0.2, 0) is 6.61 Å². The Balaban J connectivity index is 1.01. The molecule has 2 heterocycles. The predicted molar refractivity (Wildman–Crippen MR) is 110 cm³/mol. The fraction of sp³-hybridized carbons (Fsp3) is 0.391. The first-order chi connectivity index (χ1) is 15.2. The summed E-state index contributed by atoms with van der Waals surface area (Å²) in [6, 6.07) is 9.11. The molecule has 1 amide bonds. The molecule has 3 aromatic rings. The Labute approximate surface area is 179 Å². The molecule has 3 aliphatic carbocycles. The van der Waals surface area contributed by atoms with Gasteiger partial charge in [-0.05, 0) is 66.7 Å². The van der Waals surface area contributed by atoms with E-state index in [1.165, 1.54) is 25.6 Å². The van der Waals surface area contributed by atoms with Gasteiger partial charge in [-0.3, -0.25) is 4.79 Å². The van der Waals surface area contributed by atoms with Crippen LogP contribution in [0.2, 0.25) is 0 Å². The van der Waals surface area contributed by atoms with Crippen molar-refractivity contribution in [2.45, 2.75) is 25.9 Å². The lowest BCUT2D eigenvalue weighted by molar-refractivity contribution is 0.0934. The second-order valence-corrected chi connectivity index (χ2v) is 8.76. The molecule has 1 N–H and O–H groups in total. The normalized spacial score (nSPS) is 24.6. The molecule has 0 aliphatic heterocycles. The first-order valence-electron chi connectivity index (χ1n) is 10.7. The number of nitrogens with one attached hydrogen (secondary N) is 1. The number of rotatable bonds is 7. The summed E-state index contributed by atoms with van der Waals surface area (Å²) in [6.07, 6.45) is 11.8. The van der Waals surface area contributed by atoms with Crippen molar-refractivity contribution in [3.8, 4) is 11.4 Å². The second kappa shape index (κ2) is 7.08. The van der Waals surface area contributed by atoms with Gasteiger partial charge in [0.25, 0.3) is 5.91 Å². The van der Waals surface area contributed by atoms with Crippen LogP contribution in [0, 0.1) is 23.2 Å². The van der Waals surface area contributed by atoms with Crippen molar-refractivity contribution < 1.29 is 14.1 Å². The van der Waals surface area contributed by atoms with Gasteiger partial charge in [0.15, 0.2) is 11.5 Å². The van der Waals surface area contributed by atoms with Crippen molar-refractivity contribution in [3.05, 3.63) is 66.6 Å². The van der Waals surface area contributed by atoms with E-state index < -0.39 is 0 Å². The summed E-state index contributed by atoms with van der Waals surface area (Å²) in [7, 11) is 0. The van der Waals surface area contributed by atoms with Gasteiger partial charge in [-0.1, -0.05) is 17.3 Å². The van der Waals surface area contributed by atoms with Crippen LogP contribution in [0.5, 0.6) is 5.75 Å². The maximum atomic E-state index is 12.5. The molecule has 2 bridgehead atoms. The summed E-state index contributed by atoms with van der Waals surface area (Å²) in [6.45, 7) is 0.894. The lowest BCUT2D eigenvalue weighted by atomic mass is 9.89. The minimum atomic E-state index is -0.191. The molecule has 2 fully saturated rings. The number of benzene rings is 1. The Morgan fingerprint density at radius 1 is 1.26 bits per heavy atom. The van der Waals surface area contributed by atoms with E-state index in [4.69, 9.17) is 9.26 Å². The van der Waals surface area contributed by atoms with E-state index >= 15 is 0 Å². The Kier molecular flexibility index (Phi) is 4.19. The number of carbonyl (C=O) groups is 1. The van der Waals surface area contributed by atoms with Gasteiger partial charge in [0.2, 0.25) is 0 Å². The van der Waals surface area contributed by atoms with Crippen molar-refractivity contribution in [1.82, 2.24) is 25.2 Å². The maximum Gasteiger partial charge on any atom is 0.273 e. The van der Waals surface area contributed by atoms with E-state index in [1.54, 1.807) is 17.1 Å². The summed E-state index contributed by atoms with van der Waals surface area (Å²) in [5, 5.41) is 11.0. The molecule has 3 aliphatic rings. The smallest absolute Gasteiger partial charge is 0.273 e. The molecule has 2 saturated carbocycles. The third-order valence-corrected chi connectivity index (χ3v) is 7.06. The fourth-order valence-electron chi connectivity index (χ4n) is 5.35. The highest BCUT2D eigenvalue weighted by atomic mass is 16.5. The van der Waals surface area contributed by atoms with Gasteiger partial charge in [-0.2, -0.15) is 5.10 Å². The van der Waals surface area contributed by atoms with Crippen LogP contribution in [0.4, 0.5) is 0 Å². The monoisotopic (exact) mass is 417 g/mol. The fourth-order valence-corrected chi connectivity index (χ4v) is 5.35. The molecule has 0 saturated heterocycles. The molecule has 1 spiro atoms. The van der Waals surface area contributed by atoms with Crippen molar-refractivity contribution in [3.63, 3.8) is 0 Å². The second-order valence-electron chi connectivity index (χ2n) is 8.76. The minimum absolute atomic E-state index is 0.191. The van der Waals surface area contributed by atoms with Gasteiger partial charge >= 0.3 is 0 Å². The van der Waals surface area contributed by atoms with E-state index in [1.807, 2.05) is 24.3 Å². The van der Waals surface area contributed by atoms with Crippen LogP contribution < -0.4 is 10.1 Å². The van der Waals surface area contributed by atoms with E-state index in [0.717, 1.165) is 11.6 Å². The van der Waals surface area contributed by atoms with Gasteiger partial charge < -0.3 is 14.6 Å². The van der Waals surface area contributed by atoms with Gasteiger partial charge in [-0.15, -0.1) is 0 Å². The molecule has 31 heavy (non-hydrogen) atoms. The van der Waals surface area contributed by atoms with Crippen LogP contribution in [0.25, 0.3) is 5.69 Å². The molecule has 3 atom stereocenters. The lowest BCUT2D eigenvalue weighted by Crippen LogP contribution is -2.31. The first kappa shape index (κ1) is 18.4. The van der Waals surface area contributed by atoms with Crippen molar-refractivity contribution in [2.24, 2.45) is 23.2 Å². The quantitative estimate of drug-likeness (QED) is 0.594. The maximum absolute atomic E-state index is 12.5. The molecular weight excluding hydrogens is 394 g/mol. The van der Waals surface area contributed by atoms with E-state index in [9.17, 15) is 4.79 Å². The van der Waals surface area contributed by atoms with Crippen LogP contribution in [0.3, 0.4) is 0 Å². The highest BCUT2D eigenvalue weighted by Gasteiger charge is 2.62. The zero-order valence-electron chi connectivity index (χ0n) is 17.0. The summed E-state index contributed by atoms with van der Waals surface area (Å²) in [5.74, 6) is 2.89. The van der Waals surface area contributed by atoms with Crippen LogP contribution in [0.15, 0.2) is 59.7 Å². The number of aromatic nitrogens is 4. The molecule has 0 radical (unpaired) electrons. The van der Waals surface area contributed by atoms with E-state index in [2.05, 4.69) is 32.7 Å². The van der Waals surface area contributed by atoms with Crippen LogP contribution in [-0.4, -0.2) is 32.4 Å². The SMILES string of the molecule is O=C(NC[C@H]1C[C@H]2C=C[C@H]1C21CC1)c1cc(COc2ccc(-n3cncn3)cc2)on1. The first-order valence-corrected chi connectivity index (χ1v) is 10.7. The highest BCUT2D eigenvalue weighted by Crippen LogP contribution is 2.69. The number of ether oxygens (including phenoxy) is 1. The lowest BCUT2D eigenvalue weighted by Gasteiger charge is -2.19. The van der Waals surface area contributed by atoms with E-state index in [0.29, 0.717) is 41.0 Å². The molecular formula is C23H23N5O3. The Bertz CT molecular complexity index is 1110. The summed E-state index contributed by atoms with van der Waals surface area (Å²) >= 11 is 0. The average Bonchev–Trinajstić information content (AvgIpc) is 3.17. The van der Waals surface area contributed by atoms with Crippen molar-refractivity contribution in [1.29, 1.82) is 0 Å². The molecule has 6 rings (SSSR count). The summed E-state index contributed by atoms with van der Waals surface area (Å²) in [4.78, 5) is 16.4. The molecule has 2 aromatic heterocycles. The largest absolute Gasteiger partial charge is 0.486 e. The number of hydrogen-bond acceptors (Lipinski definition) is 6. The van der Waals surface area contributed by atoms with Gasteiger partial charge in [0.05, 0.1) is 5.69 Å². The van der Waals surface area contributed by atoms with Gasteiger partial charge in [0.1, 0.15) is 25.0 Å². The third-order valence-electron chi connectivity index (χ3n) is 7.06. The Morgan fingerprint density at radius 2 is 2.13 bits per heavy atom. The standard InChI is InChI=1S/C23H23N5O3/c29-22(25-11-15-9-16-1-6-20(15)23(16)7-8-23)21-10-19(31-27-21)12-30-18-4-2-17(3-5-18)28-14-24-13-26-28/h1-6,10,13-16,20H,7-9,11-12H2,(H,25,29)/t15-,16-,20-/m1/s1. The number of amides is 1. The number of nitrogens with zero attached hydrogens (tertiary/aromatic N) is 4. The minimum Gasteiger partial charge on any atom is -0.486 e. The average molecular weight is 417 g/mol. The Hall–Kier alpha value is -3.42. The number of hydrogen-bond donors (Lipinski definition) is 1. The number of allylic oxidation sites excluding steroid dienone is 2. The molecule has 8 nitrogen and oxygen atoms in total. The van der Waals surface area contributed by atoms with E-state index in [-0.39, 0.29) is 12.5 Å². The predicted octanol–water partition coefficient (Wildman–Crippen LogP) is 3.17. The molecule has 1 aromatic carbocycles. The third kappa shape index (κ3) is 3.22. The van der Waals surface area contributed by atoms with Gasteiger partial charge in [-0.25, -0.2) is 9.67 Å². The summed E-state index contributed by atoms with van der Waals surface area (Å²) in [5.41, 5.74) is 1.73. The van der Waals surface area contributed by atoms with Crippen LogP contribution in [0.1, 0.15) is 35.5 Å². The zero-order valence-corrected chi connectivity index (χ0v) is 17.0. The molecule has 0 unspecified atom stereocenters. The number of carbonyl (C=O) groups excluding carboxylic acids is 1. The molecule has 158 valence electrons. The van der Waals surface area contributed by atoms with Crippen LogP contribution >= 0.6 is 0 Å².